The van der Waals surface area contributed by atoms with Gasteiger partial charge in [-0.25, -0.2) is 0 Å². The van der Waals surface area contributed by atoms with Crippen LogP contribution in [-0.2, 0) is 16.0 Å². The molecule has 1 fully saturated rings. The molecule has 3 amide bonds. The van der Waals surface area contributed by atoms with Crippen molar-refractivity contribution in [3.05, 3.63) is 53.6 Å². The minimum absolute atomic E-state index is 0.0583. The van der Waals surface area contributed by atoms with Gasteiger partial charge in [-0.15, -0.1) is 0 Å². The maximum Gasteiger partial charge on any atom is 0.262 e. The quantitative estimate of drug-likeness (QED) is 0.517. The van der Waals surface area contributed by atoms with Gasteiger partial charge in [0.15, 0.2) is 16.7 Å². The van der Waals surface area contributed by atoms with Crippen molar-refractivity contribution < 1.29 is 23.9 Å². The summed E-state index contributed by atoms with van der Waals surface area (Å²) < 4.78 is 10.6. The van der Waals surface area contributed by atoms with Gasteiger partial charge >= 0.3 is 0 Å². The van der Waals surface area contributed by atoms with Gasteiger partial charge in [0.1, 0.15) is 5.25 Å². The molecule has 0 aliphatic carbocycles. The van der Waals surface area contributed by atoms with E-state index in [4.69, 9.17) is 9.47 Å². The maximum absolute atomic E-state index is 12.5. The Morgan fingerprint density at radius 1 is 1.03 bits per heavy atom. The second-order valence-corrected chi connectivity index (χ2v) is 10.1. The Labute approximate surface area is 221 Å². The van der Waals surface area contributed by atoms with Crippen LogP contribution in [0.5, 0.6) is 11.5 Å². The van der Waals surface area contributed by atoms with E-state index in [0.717, 1.165) is 36.7 Å². The van der Waals surface area contributed by atoms with Gasteiger partial charge in [-0.1, -0.05) is 17.8 Å². The summed E-state index contributed by atoms with van der Waals surface area (Å²) in [5.74, 6) is 0.601. The van der Waals surface area contributed by atoms with E-state index in [0.29, 0.717) is 35.7 Å². The summed E-state index contributed by atoms with van der Waals surface area (Å²) in [4.78, 5) is 43.7. The summed E-state index contributed by atoms with van der Waals surface area (Å²) in [6.45, 7) is 2.28. The molecule has 4 rings (SSSR count). The van der Waals surface area contributed by atoms with Crippen LogP contribution in [0.3, 0.4) is 0 Å². The van der Waals surface area contributed by atoms with Crippen LogP contribution in [0.4, 0.5) is 5.69 Å². The van der Waals surface area contributed by atoms with Gasteiger partial charge in [0.05, 0.1) is 14.2 Å². The number of rotatable bonds is 9. The third kappa shape index (κ3) is 7.03. The first-order chi connectivity index (χ1) is 18.0. The fourth-order valence-corrected chi connectivity index (χ4v) is 5.39. The molecule has 0 saturated carbocycles. The van der Waals surface area contributed by atoms with Gasteiger partial charge < -0.3 is 25.0 Å². The van der Waals surface area contributed by atoms with Crippen LogP contribution in [0.1, 0.15) is 41.6 Å². The molecule has 196 valence electrons. The number of benzene rings is 2. The number of amides is 3. The number of hydrogen-bond acceptors (Lipinski definition) is 7. The number of ether oxygens (including phenoxy) is 2. The number of likely N-dealkylation sites (tertiary alicyclic amines) is 1. The van der Waals surface area contributed by atoms with Gasteiger partial charge in [-0.2, -0.15) is 4.99 Å². The number of nitrogens with one attached hydrogen (secondary N) is 2. The van der Waals surface area contributed by atoms with E-state index in [9.17, 15) is 14.4 Å². The Balaban J connectivity index is 1.22. The molecule has 2 aliphatic heterocycles. The SMILES string of the molecule is COc1ccc(CCNC(=O)c2ccc(NC(=O)C[C@H]3SC(N4CCCCC4)=NC3=O)cc2)cc1OC. The second kappa shape index (κ2) is 12.6. The Bertz CT molecular complexity index is 1160. The van der Waals surface area contributed by atoms with E-state index < -0.39 is 5.25 Å². The zero-order chi connectivity index (χ0) is 26.2. The number of hydrogen-bond donors (Lipinski definition) is 2. The summed E-state index contributed by atoms with van der Waals surface area (Å²) >= 11 is 1.38. The van der Waals surface area contributed by atoms with Crippen molar-refractivity contribution in [1.82, 2.24) is 10.2 Å². The number of amidine groups is 1. The molecule has 0 unspecified atom stereocenters. The largest absolute Gasteiger partial charge is 0.493 e. The molecular formula is C27H32N4O5S. The lowest BCUT2D eigenvalue weighted by atomic mass is 10.1. The topological polar surface area (TPSA) is 109 Å². The molecule has 0 radical (unpaired) electrons. The first-order valence-electron chi connectivity index (χ1n) is 12.4. The second-order valence-electron chi connectivity index (χ2n) is 8.91. The monoisotopic (exact) mass is 524 g/mol. The lowest BCUT2D eigenvalue weighted by Gasteiger charge is -2.27. The minimum Gasteiger partial charge on any atom is -0.493 e. The number of carbonyl (C=O) groups excluding carboxylic acids is 3. The third-order valence-corrected chi connectivity index (χ3v) is 7.52. The average Bonchev–Trinajstić information content (AvgIpc) is 3.29. The highest BCUT2D eigenvalue weighted by Gasteiger charge is 2.33. The molecule has 10 heteroatoms. The molecule has 0 aromatic heterocycles. The first-order valence-corrected chi connectivity index (χ1v) is 13.3. The highest BCUT2D eigenvalue weighted by atomic mass is 32.2. The molecule has 37 heavy (non-hydrogen) atoms. The van der Waals surface area contributed by atoms with Gasteiger partial charge in [-0.05, 0) is 67.6 Å². The minimum atomic E-state index is -0.493. The number of piperidine rings is 1. The highest BCUT2D eigenvalue weighted by molar-refractivity contribution is 8.15. The van der Waals surface area contributed by atoms with E-state index in [1.54, 1.807) is 38.5 Å². The van der Waals surface area contributed by atoms with Crippen LogP contribution in [0.2, 0.25) is 0 Å². The number of nitrogens with zero attached hydrogens (tertiary/aromatic N) is 2. The van der Waals surface area contributed by atoms with Crippen molar-refractivity contribution in [1.29, 1.82) is 0 Å². The van der Waals surface area contributed by atoms with E-state index >= 15 is 0 Å². The van der Waals surface area contributed by atoms with E-state index in [2.05, 4.69) is 20.5 Å². The number of anilines is 1. The number of aliphatic imine (C=N–C) groups is 1. The fourth-order valence-electron chi connectivity index (χ4n) is 4.27. The summed E-state index contributed by atoms with van der Waals surface area (Å²) in [5, 5.41) is 5.96. The summed E-state index contributed by atoms with van der Waals surface area (Å²) in [5.41, 5.74) is 2.08. The normalized spacial score (nSPS) is 17.2. The van der Waals surface area contributed by atoms with Gasteiger partial charge in [0.2, 0.25) is 5.91 Å². The molecule has 1 saturated heterocycles. The van der Waals surface area contributed by atoms with Crippen LogP contribution in [0.15, 0.2) is 47.5 Å². The molecule has 2 heterocycles. The van der Waals surface area contributed by atoms with Crippen LogP contribution in [-0.4, -0.2) is 66.9 Å². The lowest BCUT2D eigenvalue weighted by Crippen LogP contribution is -2.33. The van der Waals surface area contributed by atoms with Crippen molar-refractivity contribution in [2.45, 2.75) is 37.4 Å². The standard InChI is InChI=1S/C27H32N4O5S/c1-35-21-11-6-18(16-22(21)36-2)12-13-28-25(33)19-7-9-20(10-8-19)29-24(32)17-23-26(34)30-27(37-23)31-14-4-3-5-15-31/h6-11,16,23H,3-5,12-15,17H2,1-2H3,(H,28,33)(H,29,32)/t23-/m1/s1. The molecular weight excluding hydrogens is 492 g/mol. The van der Waals surface area contributed by atoms with Crippen LogP contribution < -0.4 is 20.1 Å². The molecule has 2 aliphatic rings. The zero-order valence-corrected chi connectivity index (χ0v) is 21.9. The molecule has 2 aromatic carbocycles. The van der Waals surface area contributed by atoms with Gasteiger partial charge in [0, 0.05) is 37.3 Å². The number of thioether (sulfide) groups is 1. The number of carbonyl (C=O) groups is 3. The first kappa shape index (κ1) is 26.5. The van der Waals surface area contributed by atoms with E-state index in [1.165, 1.54) is 18.2 Å². The van der Waals surface area contributed by atoms with E-state index in [-0.39, 0.29) is 24.1 Å². The van der Waals surface area contributed by atoms with Crippen molar-refractivity contribution in [2.24, 2.45) is 4.99 Å². The molecule has 1 atom stereocenters. The predicted octanol–water partition coefficient (Wildman–Crippen LogP) is 3.49. The van der Waals surface area contributed by atoms with E-state index in [1.807, 2.05) is 18.2 Å². The maximum atomic E-state index is 12.5. The Morgan fingerprint density at radius 3 is 2.46 bits per heavy atom. The van der Waals surface area contributed by atoms with Crippen molar-refractivity contribution >= 4 is 40.3 Å². The smallest absolute Gasteiger partial charge is 0.262 e. The summed E-state index contributed by atoms with van der Waals surface area (Å²) in [6.07, 6.45) is 4.10. The molecule has 9 nitrogen and oxygen atoms in total. The van der Waals surface area contributed by atoms with Crippen molar-refractivity contribution in [2.75, 3.05) is 39.2 Å². The fraction of sp³-hybridized carbons (Fsp3) is 0.407. The Kier molecular flexibility index (Phi) is 9.05. The Hall–Kier alpha value is -3.53. The van der Waals surface area contributed by atoms with Crippen LogP contribution in [0.25, 0.3) is 0 Å². The Morgan fingerprint density at radius 2 is 1.76 bits per heavy atom. The van der Waals surface area contributed by atoms with Gasteiger partial charge in [0.25, 0.3) is 11.8 Å². The molecule has 2 N–H and O–H groups in total. The third-order valence-electron chi connectivity index (χ3n) is 6.30. The van der Waals surface area contributed by atoms with Crippen LogP contribution in [0, 0.1) is 0 Å². The van der Waals surface area contributed by atoms with Gasteiger partial charge in [-0.3, -0.25) is 14.4 Å². The van der Waals surface area contributed by atoms with Crippen LogP contribution >= 0.6 is 11.8 Å². The highest BCUT2D eigenvalue weighted by Crippen LogP contribution is 2.29. The zero-order valence-electron chi connectivity index (χ0n) is 21.1. The molecule has 0 bridgehead atoms. The summed E-state index contributed by atoms with van der Waals surface area (Å²) in [7, 11) is 3.17. The van der Waals surface area contributed by atoms with Crippen molar-refractivity contribution in [3.8, 4) is 11.5 Å². The average molecular weight is 525 g/mol. The number of methoxy groups -OCH3 is 2. The lowest BCUT2D eigenvalue weighted by molar-refractivity contribution is -0.121. The molecule has 0 spiro atoms. The predicted molar refractivity (Wildman–Crippen MR) is 145 cm³/mol. The molecule has 2 aromatic rings. The van der Waals surface area contributed by atoms with Crippen molar-refractivity contribution in [3.63, 3.8) is 0 Å². The summed E-state index contributed by atoms with van der Waals surface area (Å²) in [6, 6.07) is 12.3.